The first-order chi connectivity index (χ1) is 16.2. The summed E-state index contributed by atoms with van der Waals surface area (Å²) in [7, 11) is 0. The highest BCUT2D eigenvalue weighted by Crippen LogP contribution is 2.36. The second-order valence-corrected chi connectivity index (χ2v) is 7.85. The van der Waals surface area contributed by atoms with Gasteiger partial charge in [0.05, 0.1) is 23.1 Å². The molecule has 13 heteroatoms. The molecule has 0 amide bonds. The zero-order valence-corrected chi connectivity index (χ0v) is 17.7. The summed E-state index contributed by atoms with van der Waals surface area (Å²) >= 11 is 0. The molecule has 0 fully saturated rings. The number of aliphatic hydroxyl groups is 1. The first-order valence-electron chi connectivity index (χ1n) is 9.94. The maximum atomic E-state index is 13.4. The lowest BCUT2D eigenvalue weighted by atomic mass is 9.98. The topological polar surface area (TPSA) is 89.3 Å². The molecule has 1 aliphatic heterocycles. The van der Waals surface area contributed by atoms with Crippen LogP contribution in [0, 0.1) is 0 Å². The van der Waals surface area contributed by atoms with Gasteiger partial charge in [0.15, 0.2) is 6.04 Å². The molecule has 3 aromatic rings. The summed E-state index contributed by atoms with van der Waals surface area (Å²) in [4.78, 5) is 17.1. The number of aromatic nitrogens is 3. The predicted octanol–water partition coefficient (Wildman–Crippen LogP) is 3.82. The van der Waals surface area contributed by atoms with E-state index in [0.717, 1.165) is 29.8 Å². The van der Waals surface area contributed by atoms with Crippen molar-refractivity contribution in [3.8, 4) is 22.7 Å². The van der Waals surface area contributed by atoms with Gasteiger partial charge in [0.1, 0.15) is 11.4 Å². The molecular formula is C22H16F6N4O3. The smallest absolute Gasteiger partial charge is 0.406 e. The molecule has 0 saturated carbocycles. The van der Waals surface area contributed by atoms with Crippen LogP contribution in [0.5, 0.6) is 5.75 Å². The zero-order chi connectivity index (χ0) is 25.6. The third kappa shape index (κ3) is 5.14. The summed E-state index contributed by atoms with van der Waals surface area (Å²) in [5, 5.41) is 16.7. The van der Waals surface area contributed by atoms with Crippen molar-refractivity contribution in [2.45, 2.75) is 31.1 Å². The molecule has 7 nitrogen and oxygen atoms in total. The number of hydrogen-bond donors (Lipinski definition) is 2. The number of nitrogens with one attached hydrogen (secondary N) is 1. The summed E-state index contributed by atoms with van der Waals surface area (Å²) in [6.45, 7) is 0.951. The number of benzene rings is 1. The van der Waals surface area contributed by atoms with E-state index in [9.17, 15) is 36.2 Å². The number of pyridine rings is 1. The van der Waals surface area contributed by atoms with Gasteiger partial charge in [-0.05, 0) is 55.5 Å². The van der Waals surface area contributed by atoms with E-state index >= 15 is 0 Å². The van der Waals surface area contributed by atoms with Gasteiger partial charge in [-0.3, -0.25) is 9.78 Å². The van der Waals surface area contributed by atoms with Crippen LogP contribution in [0.3, 0.4) is 0 Å². The summed E-state index contributed by atoms with van der Waals surface area (Å²) in [5.74, 6) is -0.494. The molecule has 0 saturated heterocycles. The van der Waals surface area contributed by atoms with Crippen molar-refractivity contribution in [1.29, 1.82) is 0 Å². The average molecular weight is 498 g/mol. The number of ether oxygens (including phenoxy) is 1. The SMILES string of the molecule is CC1(O)C=C(c2cc(-c3ccc(OC(F)(F)F)cc3)nn(-c3cccnc3)c2=O)NC1C(F)(F)F. The molecule has 2 unspecified atom stereocenters. The first-order valence-corrected chi connectivity index (χ1v) is 9.94. The third-order valence-electron chi connectivity index (χ3n) is 5.12. The second kappa shape index (κ2) is 8.41. The maximum Gasteiger partial charge on any atom is 0.573 e. The lowest BCUT2D eigenvalue weighted by Gasteiger charge is -2.27. The minimum absolute atomic E-state index is 0.0554. The molecule has 2 aromatic heterocycles. The molecule has 1 aliphatic rings. The molecule has 184 valence electrons. The minimum Gasteiger partial charge on any atom is -0.406 e. The standard InChI is InChI=1S/C22H16F6N4O3/c1-20(34)10-17(30-19(20)21(23,24)25)15-9-16(12-4-6-14(7-5-12)35-22(26,27)28)31-32(18(15)33)13-3-2-8-29-11-13/h2-11,19,30,34H,1H3. The Morgan fingerprint density at radius 3 is 2.34 bits per heavy atom. The van der Waals surface area contributed by atoms with Crippen molar-refractivity contribution in [2.24, 2.45) is 0 Å². The van der Waals surface area contributed by atoms with Crippen molar-refractivity contribution >= 4 is 5.70 Å². The van der Waals surface area contributed by atoms with Gasteiger partial charge in [-0.2, -0.15) is 23.0 Å². The van der Waals surface area contributed by atoms with E-state index in [0.29, 0.717) is 0 Å². The van der Waals surface area contributed by atoms with Gasteiger partial charge in [0, 0.05) is 17.5 Å². The fraction of sp³-hybridized carbons (Fsp3) is 0.227. The average Bonchev–Trinajstić information content (AvgIpc) is 3.09. The fourth-order valence-corrected chi connectivity index (χ4v) is 3.60. The Morgan fingerprint density at radius 2 is 1.80 bits per heavy atom. The highest BCUT2D eigenvalue weighted by Gasteiger charge is 2.53. The number of nitrogens with zero attached hydrogens (tertiary/aromatic N) is 3. The molecule has 35 heavy (non-hydrogen) atoms. The van der Waals surface area contributed by atoms with E-state index in [1.807, 2.05) is 0 Å². The Morgan fingerprint density at radius 1 is 1.11 bits per heavy atom. The van der Waals surface area contributed by atoms with Crippen LogP contribution >= 0.6 is 0 Å². The Balaban J connectivity index is 1.84. The van der Waals surface area contributed by atoms with Crippen molar-refractivity contribution in [3.05, 3.63) is 76.9 Å². The summed E-state index contributed by atoms with van der Waals surface area (Å²) in [6.07, 6.45) is -6.10. The van der Waals surface area contributed by atoms with Gasteiger partial charge in [-0.1, -0.05) is 0 Å². The highest BCUT2D eigenvalue weighted by atomic mass is 19.4. The normalized spacial score (nSPS) is 20.3. The van der Waals surface area contributed by atoms with Crippen molar-refractivity contribution in [3.63, 3.8) is 0 Å². The Hall–Kier alpha value is -3.87. The lowest BCUT2D eigenvalue weighted by Crippen LogP contribution is -2.51. The quantitative estimate of drug-likeness (QED) is 0.532. The van der Waals surface area contributed by atoms with E-state index in [4.69, 9.17) is 0 Å². The van der Waals surface area contributed by atoms with Gasteiger partial charge in [0.2, 0.25) is 0 Å². The van der Waals surface area contributed by atoms with Crippen molar-refractivity contribution in [2.75, 3.05) is 0 Å². The summed E-state index contributed by atoms with van der Waals surface area (Å²) in [5.41, 5.74) is -3.19. The predicted molar refractivity (Wildman–Crippen MR) is 111 cm³/mol. The van der Waals surface area contributed by atoms with E-state index < -0.39 is 35.5 Å². The third-order valence-corrected chi connectivity index (χ3v) is 5.12. The molecular weight excluding hydrogens is 482 g/mol. The summed E-state index contributed by atoms with van der Waals surface area (Å²) in [6, 6.07) is 6.36. The van der Waals surface area contributed by atoms with Crippen LogP contribution < -0.4 is 15.6 Å². The lowest BCUT2D eigenvalue weighted by molar-refractivity contribution is -0.274. The molecule has 1 aromatic carbocycles. The van der Waals surface area contributed by atoms with Gasteiger partial charge >= 0.3 is 12.5 Å². The van der Waals surface area contributed by atoms with E-state index in [1.54, 1.807) is 0 Å². The number of hydrogen-bond acceptors (Lipinski definition) is 6. The number of halogens is 6. The van der Waals surface area contributed by atoms with Crippen LogP contribution in [-0.4, -0.2) is 44.1 Å². The summed E-state index contributed by atoms with van der Waals surface area (Å²) < 4.78 is 82.4. The number of rotatable bonds is 4. The van der Waals surface area contributed by atoms with Crippen LogP contribution in [0.4, 0.5) is 26.3 Å². The van der Waals surface area contributed by atoms with Crippen LogP contribution in [-0.2, 0) is 0 Å². The monoisotopic (exact) mass is 498 g/mol. The van der Waals surface area contributed by atoms with Gasteiger partial charge in [-0.25, -0.2) is 0 Å². The maximum absolute atomic E-state index is 13.4. The van der Waals surface area contributed by atoms with Crippen LogP contribution in [0.15, 0.2) is 65.7 Å². The Kier molecular flexibility index (Phi) is 5.83. The molecule has 3 heterocycles. The van der Waals surface area contributed by atoms with Crippen LogP contribution in [0.2, 0.25) is 0 Å². The molecule has 0 radical (unpaired) electrons. The first kappa shape index (κ1) is 24.3. The van der Waals surface area contributed by atoms with Gasteiger partial charge < -0.3 is 15.2 Å². The number of alkyl halides is 6. The van der Waals surface area contributed by atoms with Crippen molar-refractivity contribution < 1.29 is 36.2 Å². The molecule has 0 spiro atoms. The molecule has 2 atom stereocenters. The minimum atomic E-state index is -4.90. The molecule has 0 aliphatic carbocycles. The van der Waals surface area contributed by atoms with Gasteiger partial charge in [0.25, 0.3) is 5.56 Å². The van der Waals surface area contributed by atoms with E-state index in [1.165, 1.54) is 42.7 Å². The fourth-order valence-electron chi connectivity index (χ4n) is 3.60. The zero-order valence-electron chi connectivity index (χ0n) is 17.7. The molecule has 4 rings (SSSR count). The Bertz CT molecular complexity index is 1320. The van der Waals surface area contributed by atoms with Crippen molar-refractivity contribution in [1.82, 2.24) is 20.1 Å². The largest absolute Gasteiger partial charge is 0.573 e. The van der Waals surface area contributed by atoms with Gasteiger partial charge in [-0.15, -0.1) is 13.2 Å². The molecule has 0 bridgehead atoms. The highest BCUT2D eigenvalue weighted by molar-refractivity contribution is 5.72. The van der Waals surface area contributed by atoms with E-state index in [2.05, 4.69) is 20.1 Å². The second-order valence-electron chi connectivity index (χ2n) is 7.85. The van der Waals surface area contributed by atoms with E-state index in [-0.39, 0.29) is 28.2 Å². The van der Waals surface area contributed by atoms with Crippen LogP contribution in [0.25, 0.3) is 22.6 Å². The molecule has 2 N–H and O–H groups in total. The Labute approximate surface area is 193 Å². The van der Waals surface area contributed by atoms with Crippen LogP contribution in [0.1, 0.15) is 12.5 Å².